The Morgan fingerprint density at radius 1 is 1.30 bits per heavy atom. The quantitative estimate of drug-likeness (QED) is 0.857. The monoisotopic (exact) mass is 276 g/mol. The Hall–Kier alpha value is -1.32. The maximum Gasteiger partial charge on any atom is 0.134 e. The highest BCUT2D eigenvalue weighted by atomic mass is 15.1. The Labute approximate surface area is 122 Å². The van der Waals surface area contributed by atoms with E-state index in [1.807, 2.05) is 7.05 Å². The second kappa shape index (κ2) is 6.42. The molecule has 112 valence electrons. The largest absolute Gasteiger partial charge is 0.373 e. The lowest BCUT2D eigenvalue weighted by molar-refractivity contribution is 0.229. The van der Waals surface area contributed by atoms with E-state index in [4.69, 9.17) is 0 Å². The van der Waals surface area contributed by atoms with Gasteiger partial charge >= 0.3 is 0 Å². The predicted octanol–water partition coefficient (Wildman–Crippen LogP) is 3.85. The van der Waals surface area contributed by atoms with Crippen LogP contribution >= 0.6 is 0 Å². The summed E-state index contributed by atoms with van der Waals surface area (Å²) >= 11 is 0. The minimum absolute atomic E-state index is 0.444. The number of hydrogen-bond donors (Lipinski definition) is 2. The van der Waals surface area contributed by atoms with Gasteiger partial charge in [-0.3, -0.25) is 0 Å². The third-order valence-corrected chi connectivity index (χ3v) is 4.23. The number of nitrogens with zero attached hydrogens (tertiary/aromatic N) is 2. The molecule has 0 spiro atoms. The van der Waals surface area contributed by atoms with E-state index in [-0.39, 0.29) is 0 Å². The minimum Gasteiger partial charge on any atom is -0.373 e. The van der Waals surface area contributed by atoms with E-state index in [1.165, 1.54) is 31.2 Å². The molecule has 4 nitrogen and oxygen atoms in total. The van der Waals surface area contributed by atoms with E-state index < -0.39 is 0 Å². The SMILES string of the molecule is CCCc1c(NC)ncnc1NC1CCCC(C)(C)C1. The van der Waals surface area contributed by atoms with Crippen LogP contribution in [-0.4, -0.2) is 23.1 Å². The molecule has 1 aromatic heterocycles. The van der Waals surface area contributed by atoms with Crippen LogP contribution < -0.4 is 10.6 Å². The van der Waals surface area contributed by atoms with Crippen LogP contribution in [-0.2, 0) is 6.42 Å². The van der Waals surface area contributed by atoms with Gasteiger partial charge in [0.2, 0.25) is 0 Å². The second-order valence-corrected chi connectivity index (χ2v) is 6.65. The molecule has 1 heterocycles. The van der Waals surface area contributed by atoms with Gasteiger partial charge < -0.3 is 10.6 Å². The predicted molar refractivity (Wildman–Crippen MR) is 85.2 cm³/mol. The van der Waals surface area contributed by atoms with E-state index in [2.05, 4.69) is 41.4 Å². The molecule has 1 aromatic rings. The van der Waals surface area contributed by atoms with Gasteiger partial charge in [-0.15, -0.1) is 0 Å². The third kappa shape index (κ3) is 3.62. The summed E-state index contributed by atoms with van der Waals surface area (Å²) in [5.74, 6) is 1.98. The summed E-state index contributed by atoms with van der Waals surface area (Å²) < 4.78 is 0. The Morgan fingerprint density at radius 2 is 2.05 bits per heavy atom. The van der Waals surface area contributed by atoms with Crippen LogP contribution in [0.4, 0.5) is 11.6 Å². The van der Waals surface area contributed by atoms with Gasteiger partial charge in [0.15, 0.2) is 0 Å². The Kier molecular flexibility index (Phi) is 4.84. The molecule has 0 aliphatic heterocycles. The molecule has 1 saturated carbocycles. The van der Waals surface area contributed by atoms with Crippen molar-refractivity contribution in [2.24, 2.45) is 5.41 Å². The van der Waals surface area contributed by atoms with Gasteiger partial charge in [-0.05, 0) is 31.1 Å². The highest BCUT2D eigenvalue weighted by Gasteiger charge is 2.28. The fraction of sp³-hybridized carbons (Fsp3) is 0.750. The van der Waals surface area contributed by atoms with Crippen molar-refractivity contribution in [2.75, 3.05) is 17.7 Å². The Morgan fingerprint density at radius 3 is 2.70 bits per heavy atom. The van der Waals surface area contributed by atoms with Crippen LogP contribution in [0.15, 0.2) is 6.33 Å². The summed E-state index contributed by atoms with van der Waals surface area (Å²) in [6, 6.07) is 0.536. The summed E-state index contributed by atoms with van der Waals surface area (Å²) in [5, 5.41) is 6.86. The maximum atomic E-state index is 4.49. The van der Waals surface area contributed by atoms with Gasteiger partial charge in [0.1, 0.15) is 18.0 Å². The molecule has 1 fully saturated rings. The standard InChI is InChI=1S/C16H28N4/c1-5-7-13-14(17-4)18-11-19-15(13)20-12-8-6-9-16(2,3)10-12/h11-12H,5-10H2,1-4H3,(H2,17,18,19,20). The average molecular weight is 276 g/mol. The second-order valence-electron chi connectivity index (χ2n) is 6.65. The van der Waals surface area contributed by atoms with Crippen molar-refractivity contribution in [1.29, 1.82) is 0 Å². The molecule has 0 saturated heterocycles. The van der Waals surface area contributed by atoms with Gasteiger partial charge in [-0.1, -0.05) is 33.6 Å². The first-order chi connectivity index (χ1) is 9.55. The van der Waals surface area contributed by atoms with Crippen LogP contribution in [0.1, 0.15) is 58.4 Å². The molecule has 0 bridgehead atoms. The van der Waals surface area contributed by atoms with Crippen molar-refractivity contribution < 1.29 is 0 Å². The maximum absolute atomic E-state index is 4.49. The van der Waals surface area contributed by atoms with Gasteiger partial charge in [0.25, 0.3) is 0 Å². The summed E-state index contributed by atoms with van der Waals surface area (Å²) in [4.78, 5) is 8.82. The molecule has 0 amide bonds. The van der Waals surface area contributed by atoms with Crippen molar-refractivity contribution in [1.82, 2.24) is 9.97 Å². The topological polar surface area (TPSA) is 49.8 Å². The summed E-state index contributed by atoms with van der Waals surface area (Å²) in [7, 11) is 1.93. The molecule has 2 N–H and O–H groups in total. The lowest BCUT2D eigenvalue weighted by Gasteiger charge is -2.36. The number of anilines is 2. The van der Waals surface area contributed by atoms with Gasteiger partial charge in [-0.2, -0.15) is 0 Å². The molecule has 2 rings (SSSR count). The fourth-order valence-electron chi connectivity index (χ4n) is 3.25. The van der Waals surface area contributed by atoms with E-state index in [1.54, 1.807) is 6.33 Å². The number of hydrogen-bond acceptors (Lipinski definition) is 4. The van der Waals surface area contributed by atoms with Crippen LogP contribution in [0.25, 0.3) is 0 Å². The molecule has 20 heavy (non-hydrogen) atoms. The van der Waals surface area contributed by atoms with Crippen LogP contribution in [0.5, 0.6) is 0 Å². The van der Waals surface area contributed by atoms with Crippen molar-refractivity contribution in [3.63, 3.8) is 0 Å². The molecule has 4 heteroatoms. The molecule has 1 aliphatic carbocycles. The zero-order chi connectivity index (χ0) is 14.6. The summed E-state index contributed by atoms with van der Waals surface area (Å²) in [5.41, 5.74) is 1.67. The lowest BCUT2D eigenvalue weighted by atomic mass is 9.75. The van der Waals surface area contributed by atoms with E-state index in [9.17, 15) is 0 Å². The number of nitrogens with one attached hydrogen (secondary N) is 2. The molecule has 0 aromatic carbocycles. The molecular formula is C16H28N4. The smallest absolute Gasteiger partial charge is 0.134 e. The van der Waals surface area contributed by atoms with Crippen molar-refractivity contribution in [3.8, 4) is 0 Å². The van der Waals surface area contributed by atoms with Crippen LogP contribution in [0.3, 0.4) is 0 Å². The molecular weight excluding hydrogens is 248 g/mol. The molecule has 0 radical (unpaired) electrons. The molecule has 1 unspecified atom stereocenters. The number of rotatable bonds is 5. The van der Waals surface area contributed by atoms with E-state index in [0.717, 1.165) is 24.5 Å². The summed E-state index contributed by atoms with van der Waals surface area (Å²) in [6.07, 6.45) is 8.87. The van der Waals surface area contributed by atoms with Gasteiger partial charge in [-0.25, -0.2) is 9.97 Å². The van der Waals surface area contributed by atoms with E-state index in [0.29, 0.717) is 11.5 Å². The van der Waals surface area contributed by atoms with Crippen molar-refractivity contribution in [2.45, 2.75) is 65.3 Å². The summed E-state index contributed by atoms with van der Waals surface area (Å²) in [6.45, 7) is 6.93. The van der Waals surface area contributed by atoms with E-state index >= 15 is 0 Å². The van der Waals surface area contributed by atoms with Gasteiger partial charge in [0.05, 0.1) is 0 Å². The molecule has 1 aliphatic rings. The average Bonchev–Trinajstić information content (AvgIpc) is 2.40. The van der Waals surface area contributed by atoms with Crippen LogP contribution in [0.2, 0.25) is 0 Å². The highest BCUT2D eigenvalue weighted by molar-refractivity contribution is 5.57. The Balaban J connectivity index is 2.16. The highest BCUT2D eigenvalue weighted by Crippen LogP contribution is 2.36. The first-order valence-electron chi connectivity index (χ1n) is 7.84. The zero-order valence-corrected chi connectivity index (χ0v) is 13.3. The normalized spacial score (nSPS) is 21.5. The minimum atomic E-state index is 0.444. The van der Waals surface area contributed by atoms with Crippen molar-refractivity contribution in [3.05, 3.63) is 11.9 Å². The first-order valence-corrected chi connectivity index (χ1v) is 7.84. The third-order valence-electron chi connectivity index (χ3n) is 4.23. The first kappa shape index (κ1) is 15.1. The lowest BCUT2D eigenvalue weighted by Crippen LogP contribution is -2.32. The number of aromatic nitrogens is 2. The molecule has 1 atom stereocenters. The zero-order valence-electron chi connectivity index (χ0n) is 13.3. The Bertz CT molecular complexity index is 442. The van der Waals surface area contributed by atoms with Crippen molar-refractivity contribution >= 4 is 11.6 Å². The van der Waals surface area contributed by atoms with Crippen LogP contribution in [0, 0.1) is 5.41 Å². The van der Waals surface area contributed by atoms with Gasteiger partial charge in [0, 0.05) is 18.7 Å². The fourth-order valence-corrected chi connectivity index (χ4v) is 3.25.